The molecule has 1 aromatic rings. The van der Waals surface area contributed by atoms with Crippen molar-refractivity contribution in [3.05, 3.63) is 30.1 Å². The molecule has 1 amide bonds. The van der Waals surface area contributed by atoms with Crippen molar-refractivity contribution in [2.45, 2.75) is 32.7 Å². The minimum absolute atomic E-state index is 0.0132. The maximum atomic E-state index is 13.0. The van der Waals surface area contributed by atoms with Crippen molar-refractivity contribution in [3.8, 4) is 5.75 Å². The monoisotopic (exact) mass is 296 g/mol. The van der Waals surface area contributed by atoms with Crippen LogP contribution in [0, 0.1) is 5.82 Å². The molecule has 0 saturated heterocycles. The molecule has 0 fully saturated rings. The third kappa shape index (κ3) is 7.66. The summed E-state index contributed by atoms with van der Waals surface area (Å²) in [5.41, 5.74) is 0.0132. The number of carbonyl (C=O) groups is 1. The topological polar surface area (TPSA) is 41.6 Å². The molecule has 5 heteroatoms. The van der Waals surface area contributed by atoms with Crippen molar-refractivity contribution in [2.24, 2.45) is 0 Å². The molecule has 118 valence electrons. The predicted molar refractivity (Wildman–Crippen MR) is 81.9 cm³/mol. The summed E-state index contributed by atoms with van der Waals surface area (Å²) in [4.78, 5) is 13.5. The molecule has 0 heterocycles. The van der Waals surface area contributed by atoms with Gasteiger partial charge in [-0.05, 0) is 32.9 Å². The fraction of sp³-hybridized carbons (Fsp3) is 0.562. The van der Waals surface area contributed by atoms with Gasteiger partial charge in [-0.3, -0.25) is 4.79 Å². The number of nitrogens with one attached hydrogen (secondary N) is 1. The molecule has 1 N–H and O–H groups in total. The second-order valence-electron chi connectivity index (χ2n) is 6.05. The fourth-order valence-corrected chi connectivity index (χ4v) is 1.72. The fourth-order valence-electron chi connectivity index (χ4n) is 1.72. The third-order valence-corrected chi connectivity index (χ3v) is 2.91. The standard InChI is InChI=1S/C16H25FN2O2/c1-16(2,3)18-9-8-15(20)19(4)10-11-21-14-7-5-6-13(17)12-14/h5-7,12,18H,8-11H2,1-4H3. The van der Waals surface area contributed by atoms with E-state index in [9.17, 15) is 9.18 Å². The summed E-state index contributed by atoms with van der Waals surface area (Å²) in [5, 5.41) is 3.28. The average Bonchev–Trinajstić information content (AvgIpc) is 2.37. The Kier molecular flexibility index (Phi) is 6.62. The summed E-state index contributed by atoms with van der Waals surface area (Å²) in [5.74, 6) is 0.213. The molecule has 0 saturated carbocycles. The van der Waals surface area contributed by atoms with Crippen LogP contribution in [0.15, 0.2) is 24.3 Å². The lowest BCUT2D eigenvalue weighted by Crippen LogP contribution is -2.39. The summed E-state index contributed by atoms with van der Waals surface area (Å²) in [6.45, 7) is 7.66. The van der Waals surface area contributed by atoms with E-state index in [1.807, 2.05) is 0 Å². The maximum absolute atomic E-state index is 13.0. The van der Waals surface area contributed by atoms with Crippen molar-refractivity contribution < 1.29 is 13.9 Å². The van der Waals surface area contributed by atoms with E-state index in [1.165, 1.54) is 12.1 Å². The quantitative estimate of drug-likeness (QED) is 0.840. The van der Waals surface area contributed by atoms with Crippen LogP contribution in [0.4, 0.5) is 4.39 Å². The van der Waals surface area contributed by atoms with Crippen molar-refractivity contribution in [3.63, 3.8) is 0 Å². The van der Waals surface area contributed by atoms with E-state index in [4.69, 9.17) is 4.74 Å². The zero-order valence-corrected chi connectivity index (χ0v) is 13.3. The van der Waals surface area contributed by atoms with Crippen molar-refractivity contribution in [1.29, 1.82) is 0 Å². The Labute approximate surface area is 126 Å². The number of ether oxygens (including phenoxy) is 1. The van der Waals surface area contributed by atoms with Crippen LogP contribution >= 0.6 is 0 Å². The second-order valence-corrected chi connectivity index (χ2v) is 6.05. The smallest absolute Gasteiger partial charge is 0.223 e. The molecule has 0 radical (unpaired) electrons. The minimum Gasteiger partial charge on any atom is -0.492 e. The summed E-state index contributed by atoms with van der Waals surface area (Å²) >= 11 is 0. The van der Waals surface area contributed by atoms with Crippen LogP contribution in [-0.2, 0) is 4.79 Å². The van der Waals surface area contributed by atoms with E-state index in [2.05, 4.69) is 26.1 Å². The first kappa shape index (κ1) is 17.4. The maximum Gasteiger partial charge on any atom is 0.223 e. The lowest BCUT2D eigenvalue weighted by molar-refractivity contribution is -0.130. The van der Waals surface area contributed by atoms with Gasteiger partial charge in [-0.15, -0.1) is 0 Å². The van der Waals surface area contributed by atoms with Gasteiger partial charge in [-0.25, -0.2) is 4.39 Å². The molecular weight excluding hydrogens is 271 g/mol. The second kappa shape index (κ2) is 7.98. The van der Waals surface area contributed by atoms with Gasteiger partial charge in [-0.1, -0.05) is 6.07 Å². The molecule has 0 unspecified atom stereocenters. The Morgan fingerprint density at radius 1 is 1.38 bits per heavy atom. The van der Waals surface area contributed by atoms with Crippen LogP contribution in [0.5, 0.6) is 5.75 Å². The number of likely N-dealkylation sites (N-methyl/N-ethyl adjacent to an activating group) is 1. The molecule has 0 aliphatic heterocycles. The Balaban J connectivity index is 2.23. The van der Waals surface area contributed by atoms with Gasteiger partial charge in [0, 0.05) is 31.6 Å². The highest BCUT2D eigenvalue weighted by Crippen LogP contribution is 2.11. The Morgan fingerprint density at radius 2 is 2.10 bits per heavy atom. The van der Waals surface area contributed by atoms with Gasteiger partial charge in [-0.2, -0.15) is 0 Å². The number of nitrogens with zero attached hydrogens (tertiary/aromatic N) is 1. The Hall–Kier alpha value is -1.62. The number of halogens is 1. The van der Waals surface area contributed by atoms with Crippen LogP contribution < -0.4 is 10.1 Å². The molecule has 0 aliphatic carbocycles. The summed E-state index contributed by atoms with van der Waals surface area (Å²) in [7, 11) is 1.74. The highest BCUT2D eigenvalue weighted by atomic mass is 19.1. The largest absolute Gasteiger partial charge is 0.492 e. The van der Waals surface area contributed by atoms with Gasteiger partial charge >= 0.3 is 0 Å². The molecule has 0 aliphatic rings. The molecule has 4 nitrogen and oxygen atoms in total. The van der Waals surface area contributed by atoms with Gasteiger partial charge in [0.1, 0.15) is 18.2 Å². The highest BCUT2D eigenvalue weighted by molar-refractivity contribution is 5.76. The zero-order valence-electron chi connectivity index (χ0n) is 13.3. The van der Waals surface area contributed by atoms with Gasteiger partial charge in [0.2, 0.25) is 5.91 Å². The minimum atomic E-state index is -0.329. The molecule has 0 bridgehead atoms. The predicted octanol–water partition coefficient (Wildman–Crippen LogP) is 2.44. The Bertz CT molecular complexity index is 458. The van der Waals surface area contributed by atoms with Gasteiger partial charge in [0.15, 0.2) is 0 Å². The number of hydrogen-bond acceptors (Lipinski definition) is 3. The van der Waals surface area contributed by atoms with Gasteiger partial charge in [0.05, 0.1) is 6.54 Å². The number of amides is 1. The lowest BCUT2D eigenvalue weighted by atomic mass is 10.1. The first-order valence-corrected chi connectivity index (χ1v) is 7.15. The van der Waals surface area contributed by atoms with E-state index in [-0.39, 0.29) is 17.3 Å². The van der Waals surface area contributed by atoms with Crippen molar-refractivity contribution >= 4 is 5.91 Å². The highest BCUT2D eigenvalue weighted by Gasteiger charge is 2.12. The molecular formula is C16H25FN2O2. The van der Waals surface area contributed by atoms with Crippen LogP contribution in [0.25, 0.3) is 0 Å². The molecule has 1 rings (SSSR count). The van der Waals surface area contributed by atoms with E-state index < -0.39 is 0 Å². The summed E-state index contributed by atoms with van der Waals surface area (Å²) < 4.78 is 18.4. The van der Waals surface area contributed by atoms with E-state index in [0.29, 0.717) is 31.9 Å². The average molecular weight is 296 g/mol. The van der Waals surface area contributed by atoms with Crippen LogP contribution in [0.3, 0.4) is 0 Å². The molecule has 0 atom stereocenters. The number of benzene rings is 1. The first-order chi connectivity index (χ1) is 9.78. The molecule has 0 aromatic heterocycles. The van der Waals surface area contributed by atoms with Crippen LogP contribution in [0.1, 0.15) is 27.2 Å². The molecule has 0 spiro atoms. The van der Waals surface area contributed by atoms with Crippen LogP contribution in [-0.4, -0.2) is 43.1 Å². The number of rotatable bonds is 7. The summed E-state index contributed by atoms with van der Waals surface area (Å²) in [6, 6.07) is 5.98. The SMILES string of the molecule is CN(CCOc1cccc(F)c1)C(=O)CCNC(C)(C)C. The van der Waals surface area contributed by atoms with Gasteiger partial charge in [0.25, 0.3) is 0 Å². The van der Waals surface area contributed by atoms with Crippen molar-refractivity contribution in [2.75, 3.05) is 26.7 Å². The third-order valence-electron chi connectivity index (χ3n) is 2.91. The van der Waals surface area contributed by atoms with Gasteiger partial charge < -0.3 is 15.0 Å². The number of carbonyl (C=O) groups excluding carboxylic acids is 1. The lowest BCUT2D eigenvalue weighted by Gasteiger charge is -2.22. The molecule has 21 heavy (non-hydrogen) atoms. The Morgan fingerprint density at radius 3 is 2.71 bits per heavy atom. The van der Waals surface area contributed by atoms with Crippen LogP contribution in [0.2, 0.25) is 0 Å². The normalized spacial score (nSPS) is 11.3. The first-order valence-electron chi connectivity index (χ1n) is 7.15. The zero-order chi connectivity index (χ0) is 15.9. The van der Waals surface area contributed by atoms with E-state index in [0.717, 1.165) is 0 Å². The van der Waals surface area contributed by atoms with Crippen molar-refractivity contribution in [1.82, 2.24) is 10.2 Å². The van der Waals surface area contributed by atoms with E-state index in [1.54, 1.807) is 24.1 Å². The summed E-state index contributed by atoms with van der Waals surface area (Å²) in [6.07, 6.45) is 0.452. The molecule has 1 aromatic carbocycles. The van der Waals surface area contributed by atoms with E-state index >= 15 is 0 Å². The number of hydrogen-bond donors (Lipinski definition) is 1.